The van der Waals surface area contributed by atoms with Crippen molar-refractivity contribution >= 4 is 34.9 Å². The molecular weight excluding hydrogens is 374 g/mol. The summed E-state index contributed by atoms with van der Waals surface area (Å²) in [6, 6.07) is 23.1. The van der Waals surface area contributed by atoms with E-state index in [1.54, 1.807) is 6.07 Å². The van der Waals surface area contributed by atoms with Crippen LogP contribution in [0.5, 0.6) is 5.75 Å². The molecule has 1 fully saturated rings. The van der Waals surface area contributed by atoms with Crippen molar-refractivity contribution in [2.24, 2.45) is 0 Å². The molecule has 3 aromatic carbocycles. The molecule has 0 spiro atoms. The summed E-state index contributed by atoms with van der Waals surface area (Å²) in [5, 5.41) is 13.2. The van der Waals surface area contributed by atoms with Crippen molar-refractivity contribution < 1.29 is 5.11 Å². The number of hydrogen-bond acceptors (Lipinski definition) is 3. The van der Waals surface area contributed by atoms with Crippen molar-refractivity contribution in [1.82, 2.24) is 4.90 Å². The number of nitrogens with zero attached hydrogens (tertiary/aromatic N) is 1. The number of piperidine rings is 1. The summed E-state index contributed by atoms with van der Waals surface area (Å²) in [4.78, 5) is 3.60. The van der Waals surface area contributed by atoms with Gasteiger partial charge in [-0.15, -0.1) is 24.2 Å². The lowest BCUT2D eigenvalue weighted by Crippen LogP contribution is -2.36. The minimum Gasteiger partial charge on any atom is -0.507 e. The molecule has 27 heavy (non-hydrogen) atoms. The van der Waals surface area contributed by atoms with E-state index in [0.717, 1.165) is 31.0 Å². The second-order valence-corrected chi connectivity index (χ2v) is 8.40. The lowest BCUT2D eigenvalue weighted by molar-refractivity contribution is 0.235. The molecule has 0 atom stereocenters. The normalized spacial score (nSPS) is 15.6. The van der Waals surface area contributed by atoms with Crippen LogP contribution in [0, 0.1) is 0 Å². The maximum Gasteiger partial charge on any atom is 0.129 e. The Kier molecular flexibility index (Phi) is 7.06. The van der Waals surface area contributed by atoms with Gasteiger partial charge in [-0.3, -0.25) is 0 Å². The third-order valence-corrected chi connectivity index (χ3v) is 6.63. The first kappa shape index (κ1) is 20.1. The molecule has 1 saturated heterocycles. The Bertz CT molecular complexity index is 877. The summed E-state index contributed by atoms with van der Waals surface area (Å²) >= 11 is 1.83. The molecule has 0 unspecified atom stereocenters. The topological polar surface area (TPSA) is 23.5 Å². The monoisotopic (exact) mass is 399 g/mol. The Morgan fingerprint density at radius 2 is 1.59 bits per heavy atom. The van der Waals surface area contributed by atoms with E-state index in [9.17, 15) is 5.11 Å². The van der Waals surface area contributed by atoms with Crippen molar-refractivity contribution in [3.05, 3.63) is 72.3 Å². The standard InChI is InChI=1S/C23H25NOS.ClH/c25-22-7-3-4-8-23(22)26-21-12-15-24(16-13-21)14-11-18-9-10-19-5-1-2-6-20(19)17-18;/h1-10,17,21,25H,11-16H2;1H. The molecule has 0 bridgehead atoms. The van der Waals surface area contributed by atoms with Gasteiger partial charge in [-0.2, -0.15) is 0 Å². The highest BCUT2D eigenvalue weighted by Gasteiger charge is 2.20. The molecule has 1 aliphatic rings. The van der Waals surface area contributed by atoms with Gasteiger partial charge >= 0.3 is 0 Å². The Morgan fingerprint density at radius 1 is 0.889 bits per heavy atom. The van der Waals surface area contributed by atoms with Crippen LogP contribution >= 0.6 is 24.2 Å². The Balaban J connectivity index is 0.00000210. The van der Waals surface area contributed by atoms with Crippen LogP contribution in [-0.4, -0.2) is 34.9 Å². The van der Waals surface area contributed by atoms with Crippen LogP contribution in [-0.2, 0) is 6.42 Å². The summed E-state index contributed by atoms with van der Waals surface area (Å²) in [7, 11) is 0. The first-order chi connectivity index (χ1) is 12.8. The van der Waals surface area contributed by atoms with Crippen LogP contribution in [0.3, 0.4) is 0 Å². The van der Waals surface area contributed by atoms with Gasteiger partial charge in [0, 0.05) is 16.7 Å². The summed E-state index contributed by atoms with van der Waals surface area (Å²) < 4.78 is 0. The molecule has 1 aliphatic heterocycles. The molecule has 4 rings (SSSR count). The zero-order valence-corrected chi connectivity index (χ0v) is 17.0. The molecule has 142 valence electrons. The number of hydrogen-bond donors (Lipinski definition) is 1. The maximum atomic E-state index is 9.95. The lowest BCUT2D eigenvalue weighted by Gasteiger charge is -2.31. The quantitative estimate of drug-likeness (QED) is 0.589. The van der Waals surface area contributed by atoms with E-state index in [2.05, 4.69) is 47.4 Å². The number of thioether (sulfide) groups is 1. The van der Waals surface area contributed by atoms with E-state index in [-0.39, 0.29) is 12.4 Å². The highest BCUT2D eigenvalue weighted by molar-refractivity contribution is 8.00. The minimum atomic E-state index is 0. The number of phenolic OH excluding ortho intramolecular Hbond substituents is 1. The van der Waals surface area contributed by atoms with Crippen molar-refractivity contribution in [3.63, 3.8) is 0 Å². The van der Waals surface area contributed by atoms with Crippen molar-refractivity contribution in [2.45, 2.75) is 29.4 Å². The fourth-order valence-corrected chi connectivity index (χ4v) is 4.82. The van der Waals surface area contributed by atoms with Crippen LogP contribution in [0.25, 0.3) is 10.8 Å². The highest BCUT2D eigenvalue weighted by Crippen LogP contribution is 2.35. The fourth-order valence-electron chi connectivity index (χ4n) is 3.67. The summed E-state index contributed by atoms with van der Waals surface area (Å²) in [5.74, 6) is 0.413. The third-order valence-electron chi connectivity index (χ3n) is 5.22. The zero-order chi connectivity index (χ0) is 17.8. The van der Waals surface area contributed by atoms with Crippen LogP contribution in [0.15, 0.2) is 71.6 Å². The average molecular weight is 400 g/mol. The molecule has 0 aliphatic carbocycles. The SMILES string of the molecule is Cl.Oc1ccccc1SC1CCN(CCc2ccc3ccccc3c2)CC1. The number of aromatic hydroxyl groups is 1. The van der Waals surface area contributed by atoms with E-state index in [4.69, 9.17) is 0 Å². The predicted octanol–water partition coefficient (Wildman–Crippen LogP) is 5.77. The number of phenols is 1. The van der Waals surface area contributed by atoms with E-state index < -0.39 is 0 Å². The van der Waals surface area contributed by atoms with Gasteiger partial charge in [0.2, 0.25) is 0 Å². The van der Waals surface area contributed by atoms with Gasteiger partial charge in [0.15, 0.2) is 0 Å². The third kappa shape index (κ3) is 5.19. The van der Waals surface area contributed by atoms with Gasteiger partial charge in [0.05, 0.1) is 0 Å². The number of rotatable bonds is 5. The van der Waals surface area contributed by atoms with Crippen LogP contribution < -0.4 is 0 Å². The second-order valence-electron chi connectivity index (χ2n) is 7.06. The average Bonchev–Trinajstić information content (AvgIpc) is 2.69. The molecule has 1 heterocycles. The van der Waals surface area contributed by atoms with Gasteiger partial charge in [-0.25, -0.2) is 0 Å². The number of likely N-dealkylation sites (tertiary alicyclic amines) is 1. The smallest absolute Gasteiger partial charge is 0.129 e. The first-order valence-corrected chi connectivity index (χ1v) is 10.3. The molecule has 0 radical (unpaired) electrons. The number of fused-ring (bicyclic) bond motifs is 1. The Hall–Kier alpha value is -1.68. The number of halogens is 1. The molecule has 1 N–H and O–H groups in total. The van der Waals surface area contributed by atoms with Crippen LogP contribution in [0.4, 0.5) is 0 Å². The van der Waals surface area contributed by atoms with Gasteiger partial charge < -0.3 is 10.0 Å². The minimum absolute atomic E-state index is 0. The molecule has 2 nitrogen and oxygen atoms in total. The number of para-hydroxylation sites is 1. The molecular formula is C23H26ClNOS. The van der Waals surface area contributed by atoms with Crippen molar-refractivity contribution in [1.29, 1.82) is 0 Å². The maximum absolute atomic E-state index is 9.95. The predicted molar refractivity (Wildman–Crippen MR) is 118 cm³/mol. The van der Waals surface area contributed by atoms with Gasteiger partial charge in [-0.05, 0) is 60.8 Å². The molecule has 3 aromatic rings. The first-order valence-electron chi connectivity index (χ1n) is 9.42. The highest BCUT2D eigenvalue weighted by atomic mass is 35.5. The summed E-state index contributed by atoms with van der Waals surface area (Å²) in [6.45, 7) is 3.43. The molecule has 0 amide bonds. The number of benzene rings is 3. The van der Waals surface area contributed by atoms with E-state index in [1.807, 2.05) is 30.0 Å². The Labute approximate surface area is 172 Å². The summed E-state index contributed by atoms with van der Waals surface area (Å²) in [5.41, 5.74) is 1.43. The Morgan fingerprint density at radius 3 is 2.37 bits per heavy atom. The fraction of sp³-hybridized carbons (Fsp3) is 0.304. The van der Waals surface area contributed by atoms with E-state index in [0.29, 0.717) is 11.0 Å². The molecule has 0 saturated carbocycles. The second kappa shape index (κ2) is 9.50. The van der Waals surface area contributed by atoms with Gasteiger partial charge in [0.25, 0.3) is 0 Å². The van der Waals surface area contributed by atoms with Gasteiger partial charge in [-0.1, -0.05) is 54.6 Å². The zero-order valence-electron chi connectivity index (χ0n) is 15.4. The summed E-state index contributed by atoms with van der Waals surface area (Å²) in [6.07, 6.45) is 3.50. The molecule has 0 aromatic heterocycles. The largest absolute Gasteiger partial charge is 0.507 e. The van der Waals surface area contributed by atoms with E-state index >= 15 is 0 Å². The molecule has 4 heteroatoms. The van der Waals surface area contributed by atoms with Crippen molar-refractivity contribution in [3.8, 4) is 5.75 Å². The van der Waals surface area contributed by atoms with E-state index in [1.165, 1.54) is 29.2 Å². The lowest BCUT2D eigenvalue weighted by atomic mass is 10.0. The van der Waals surface area contributed by atoms with Crippen LogP contribution in [0.1, 0.15) is 18.4 Å². The van der Waals surface area contributed by atoms with Gasteiger partial charge in [0.1, 0.15) is 5.75 Å². The van der Waals surface area contributed by atoms with Crippen molar-refractivity contribution in [2.75, 3.05) is 19.6 Å². The van der Waals surface area contributed by atoms with Crippen LogP contribution in [0.2, 0.25) is 0 Å².